The Hall–Kier alpha value is -3.81. The lowest BCUT2D eigenvalue weighted by Crippen LogP contribution is -2.61. The van der Waals surface area contributed by atoms with Crippen LogP contribution in [0.15, 0.2) is 64.5 Å². The number of ether oxygens (including phenoxy) is 5. The van der Waals surface area contributed by atoms with E-state index in [4.69, 9.17) is 23.7 Å². The van der Waals surface area contributed by atoms with Gasteiger partial charge in [0, 0.05) is 27.2 Å². The molecule has 3 rings (SSSR count). The average Bonchev–Trinajstić information content (AvgIpc) is 2.91. The molecule has 0 bridgehead atoms. The van der Waals surface area contributed by atoms with Crippen LogP contribution in [0.5, 0.6) is 0 Å². The van der Waals surface area contributed by atoms with E-state index in [1.165, 1.54) is 26.0 Å². The van der Waals surface area contributed by atoms with Crippen molar-refractivity contribution in [3.63, 3.8) is 0 Å². The lowest BCUT2D eigenvalue weighted by atomic mass is 9.99. The van der Waals surface area contributed by atoms with E-state index in [2.05, 4.69) is 9.71 Å². The number of aliphatic imine (C=N–C) groups is 1. The standard InChI is InChI=1S/C29H36N2O10S/c1-18-11-13-24(14-12-18)42(35,36)31-25(30-17-23-9-7-6-8-10-23)15-16-37-29-28(41-22(5)34)27(40-21(4)33)26(19(2)38-29)39-20(3)32/h6-14,19,26-29H,15-17H2,1-5H3,(H,30,31)/t19-,26-,27+,28+,29+/m0/s1. The molecule has 228 valence electrons. The number of nitrogens with zero attached hydrogens (tertiary/aromatic N) is 1. The SMILES string of the molecule is CC(=O)O[C@@H]1[C@@H](OC(C)=O)[C@H](C)O[C@@H](OCCC(=NCc2ccccc2)NS(=O)(=O)c2ccc(C)cc2)[C@@H]1OC(C)=O. The minimum atomic E-state index is -3.96. The normalized spacial score (nSPS) is 22.6. The molecule has 1 N–H and O–H groups in total. The quantitative estimate of drug-likeness (QED) is 0.175. The first-order valence-corrected chi connectivity index (χ1v) is 14.8. The number of benzene rings is 2. The second-order valence-electron chi connectivity index (χ2n) is 9.72. The summed E-state index contributed by atoms with van der Waals surface area (Å²) in [4.78, 5) is 40.1. The van der Waals surface area contributed by atoms with Crippen LogP contribution < -0.4 is 4.72 Å². The van der Waals surface area contributed by atoms with Crippen LogP contribution in [-0.4, -0.2) is 69.5 Å². The summed E-state index contributed by atoms with van der Waals surface area (Å²) in [6, 6.07) is 15.7. The van der Waals surface area contributed by atoms with Crippen LogP contribution in [0.25, 0.3) is 0 Å². The monoisotopic (exact) mass is 604 g/mol. The maximum atomic E-state index is 13.1. The molecule has 0 amide bonds. The van der Waals surface area contributed by atoms with Gasteiger partial charge in [0.05, 0.1) is 24.2 Å². The molecule has 2 aromatic rings. The lowest BCUT2D eigenvalue weighted by Gasteiger charge is -2.43. The van der Waals surface area contributed by atoms with Crippen LogP contribution in [0.1, 0.15) is 45.2 Å². The first-order valence-electron chi connectivity index (χ1n) is 13.3. The van der Waals surface area contributed by atoms with Crippen molar-refractivity contribution in [2.75, 3.05) is 6.61 Å². The van der Waals surface area contributed by atoms with Gasteiger partial charge in [0.2, 0.25) is 0 Å². The molecule has 5 atom stereocenters. The minimum absolute atomic E-state index is 0.00453. The maximum absolute atomic E-state index is 13.1. The number of hydrogen-bond acceptors (Lipinski definition) is 11. The molecule has 1 saturated heterocycles. The molecule has 0 radical (unpaired) electrons. The van der Waals surface area contributed by atoms with E-state index < -0.39 is 58.6 Å². The number of carbonyl (C=O) groups excluding carboxylic acids is 3. The average molecular weight is 605 g/mol. The second kappa shape index (κ2) is 14.9. The van der Waals surface area contributed by atoms with Crippen LogP contribution in [-0.2, 0) is 54.6 Å². The van der Waals surface area contributed by atoms with Gasteiger partial charge >= 0.3 is 17.9 Å². The van der Waals surface area contributed by atoms with E-state index >= 15 is 0 Å². The zero-order chi connectivity index (χ0) is 30.9. The Bertz CT molecular complexity index is 1360. The van der Waals surface area contributed by atoms with E-state index in [0.29, 0.717) is 0 Å². The van der Waals surface area contributed by atoms with Crippen molar-refractivity contribution in [1.29, 1.82) is 0 Å². The lowest BCUT2D eigenvalue weighted by molar-refractivity contribution is -0.300. The molecule has 2 aromatic carbocycles. The fourth-order valence-electron chi connectivity index (χ4n) is 4.24. The van der Waals surface area contributed by atoms with Crippen molar-refractivity contribution in [3.05, 3.63) is 65.7 Å². The summed E-state index contributed by atoms with van der Waals surface area (Å²) < 4.78 is 56.6. The molecular formula is C29H36N2O10S. The third-order valence-electron chi connectivity index (χ3n) is 6.13. The Kier molecular flexibility index (Phi) is 11.6. The predicted molar refractivity (Wildman–Crippen MR) is 151 cm³/mol. The van der Waals surface area contributed by atoms with Gasteiger partial charge in [0.15, 0.2) is 24.6 Å². The predicted octanol–water partition coefficient (Wildman–Crippen LogP) is 2.82. The highest BCUT2D eigenvalue weighted by Crippen LogP contribution is 2.29. The summed E-state index contributed by atoms with van der Waals surface area (Å²) in [6.07, 6.45) is -5.59. The van der Waals surface area contributed by atoms with Crippen molar-refractivity contribution >= 4 is 33.8 Å². The number of nitrogens with one attached hydrogen (secondary N) is 1. The third-order valence-corrected chi connectivity index (χ3v) is 7.53. The molecular weight excluding hydrogens is 568 g/mol. The number of carbonyl (C=O) groups is 3. The Labute approximate surface area is 245 Å². The summed E-state index contributed by atoms with van der Waals surface area (Å²) >= 11 is 0. The molecule has 0 unspecified atom stereocenters. The van der Waals surface area contributed by atoms with E-state index in [9.17, 15) is 22.8 Å². The Balaban J connectivity index is 1.81. The molecule has 13 heteroatoms. The molecule has 1 aliphatic heterocycles. The van der Waals surface area contributed by atoms with Gasteiger partial charge in [-0.2, -0.15) is 0 Å². The van der Waals surface area contributed by atoms with Crippen LogP contribution in [0.4, 0.5) is 0 Å². The maximum Gasteiger partial charge on any atom is 0.303 e. The van der Waals surface area contributed by atoms with Gasteiger partial charge in [0.25, 0.3) is 10.0 Å². The first-order chi connectivity index (χ1) is 19.9. The Morgan fingerprint density at radius 2 is 1.43 bits per heavy atom. The summed E-state index contributed by atoms with van der Waals surface area (Å²) in [6.45, 7) is 7.05. The van der Waals surface area contributed by atoms with Crippen molar-refractivity contribution in [1.82, 2.24) is 4.72 Å². The Morgan fingerprint density at radius 3 is 2.02 bits per heavy atom. The molecule has 42 heavy (non-hydrogen) atoms. The van der Waals surface area contributed by atoms with Crippen molar-refractivity contribution in [2.45, 2.75) is 83.2 Å². The first kappa shape index (κ1) is 32.7. The molecule has 0 aliphatic carbocycles. The fraction of sp³-hybridized carbons (Fsp3) is 0.448. The fourth-order valence-corrected chi connectivity index (χ4v) is 5.33. The number of aryl methyl sites for hydroxylation is 1. The topological polar surface area (TPSA) is 156 Å². The third kappa shape index (κ3) is 9.64. The Morgan fingerprint density at radius 1 is 0.857 bits per heavy atom. The van der Waals surface area contributed by atoms with Crippen molar-refractivity contribution < 1.29 is 46.5 Å². The highest BCUT2D eigenvalue weighted by atomic mass is 32.2. The summed E-state index contributed by atoms with van der Waals surface area (Å²) in [5, 5.41) is 0. The molecule has 0 aromatic heterocycles. The van der Waals surface area contributed by atoms with Gasteiger partial charge in [-0.1, -0.05) is 48.0 Å². The molecule has 1 fully saturated rings. The van der Waals surface area contributed by atoms with Gasteiger partial charge in [-0.15, -0.1) is 0 Å². The van der Waals surface area contributed by atoms with Crippen LogP contribution >= 0.6 is 0 Å². The number of rotatable bonds is 11. The van der Waals surface area contributed by atoms with Crippen molar-refractivity contribution in [3.8, 4) is 0 Å². The summed E-state index contributed by atoms with van der Waals surface area (Å²) in [5.41, 5.74) is 1.78. The van der Waals surface area contributed by atoms with E-state index in [0.717, 1.165) is 18.1 Å². The zero-order valence-corrected chi connectivity index (χ0v) is 25.0. The molecule has 1 heterocycles. The van der Waals surface area contributed by atoms with Gasteiger partial charge in [-0.25, -0.2) is 8.42 Å². The number of hydrogen-bond donors (Lipinski definition) is 1. The molecule has 0 saturated carbocycles. The van der Waals surface area contributed by atoms with E-state index in [1.54, 1.807) is 19.1 Å². The summed E-state index contributed by atoms with van der Waals surface area (Å²) in [5.74, 6) is -1.92. The van der Waals surface area contributed by atoms with Crippen LogP contribution in [0.3, 0.4) is 0 Å². The number of amidine groups is 1. The highest BCUT2D eigenvalue weighted by Gasteiger charge is 2.50. The molecule has 12 nitrogen and oxygen atoms in total. The van der Waals surface area contributed by atoms with Gasteiger partial charge < -0.3 is 23.7 Å². The number of sulfonamides is 1. The van der Waals surface area contributed by atoms with Crippen LogP contribution in [0, 0.1) is 6.92 Å². The molecule has 1 aliphatic rings. The smallest absolute Gasteiger partial charge is 0.303 e. The van der Waals surface area contributed by atoms with E-state index in [1.807, 2.05) is 37.3 Å². The largest absolute Gasteiger partial charge is 0.456 e. The van der Waals surface area contributed by atoms with Crippen LogP contribution in [0.2, 0.25) is 0 Å². The second-order valence-corrected chi connectivity index (χ2v) is 11.4. The van der Waals surface area contributed by atoms with Crippen molar-refractivity contribution in [2.24, 2.45) is 4.99 Å². The van der Waals surface area contributed by atoms with E-state index in [-0.39, 0.29) is 30.3 Å². The molecule has 0 spiro atoms. The van der Waals surface area contributed by atoms with Gasteiger partial charge in [-0.3, -0.25) is 24.1 Å². The van der Waals surface area contributed by atoms with Gasteiger partial charge in [0.1, 0.15) is 5.84 Å². The zero-order valence-electron chi connectivity index (χ0n) is 24.1. The minimum Gasteiger partial charge on any atom is -0.456 e. The summed E-state index contributed by atoms with van der Waals surface area (Å²) in [7, 11) is -3.96. The number of esters is 3. The highest BCUT2D eigenvalue weighted by molar-refractivity contribution is 7.90. The van der Waals surface area contributed by atoms with Gasteiger partial charge in [-0.05, 0) is 31.5 Å².